The normalized spacial score (nSPS) is 20.6. The standard InChI is InChI=1S/C16H14ClN5O7S2/c1-5(14(25)26)29-21-8(7-4-31-16(18)19-7)11(23)20-9-12(24)22-10(15(27)28)6(2-17)3-30-13(9)22/h4,9,13H,1-3H2,(H2,18,19)(H,20,23)(H,25,26)(H,27,28)/t9-,13+/m1/s1. The lowest BCUT2D eigenvalue weighted by Gasteiger charge is -2.49. The Morgan fingerprint density at radius 1 is 1.45 bits per heavy atom. The van der Waals surface area contributed by atoms with Crippen LogP contribution in [-0.2, 0) is 24.0 Å². The van der Waals surface area contributed by atoms with E-state index in [0.717, 1.165) is 16.2 Å². The summed E-state index contributed by atoms with van der Waals surface area (Å²) < 4.78 is 0. The molecule has 1 fully saturated rings. The minimum absolute atomic E-state index is 0.00587. The molecule has 0 spiro atoms. The number of anilines is 1. The van der Waals surface area contributed by atoms with Gasteiger partial charge in [0, 0.05) is 17.0 Å². The number of rotatable bonds is 8. The number of halogens is 1. The maximum absolute atomic E-state index is 12.8. The van der Waals surface area contributed by atoms with E-state index in [4.69, 9.17) is 22.4 Å². The molecule has 0 bridgehead atoms. The molecule has 1 aromatic heterocycles. The molecular formula is C16H14ClN5O7S2. The predicted molar refractivity (Wildman–Crippen MR) is 111 cm³/mol. The minimum Gasteiger partial charge on any atom is -0.477 e. The van der Waals surface area contributed by atoms with E-state index in [2.05, 4.69) is 26.9 Å². The molecule has 12 nitrogen and oxygen atoms in total. The molecule has 3 rings (SSSR count). The SMILES string of the molecule is C=C(ON=C(C(=O)N[C@@H]1C(=O)N2C(C(=O)O)=C(CCl)CS[C@@H]12)c1csc(N)n1)C(=O)O. The Morgan fingerprint density at radius 2 is 2.16 bits per heavy atom. The zero-order valence-electron chi connectivity index (χ0n) is 15.4. The van der Waals surface area contributed by atoms with Crippen LogP contribution in [0, 0.1) is 0 Å². The first-order chi connectivity index (χ1) is 14.6. The quantitative estimate of drug-likeness (QED) is 0.0972. The van der Waals surface area contributed by atoms with Crippen molar-refractivity contribution in [3.63, 3.8) is 0 Å². The summed E-state index contributed by atoms with van der Waals surface area (Å²) >= 11 is 8.03. The second-order valence-electron chi connectivity index (χ2n) is 6.08. The van der Waals surface area contributed by atoms with Crippen LogP contribution in [0.4, 0.5) is 5.13 Å². The number of hydrogen-bond acceptors (Lipinski definition) is 10. The third-order valence-electron chi connectivity index (χ3n) is 4.16. The molecule has 0 aliphatic carbocycles. The number of β-lactam (4-membered cyclic amide) rings is 1. The lowest BCUT2D eigenvalue weighted by Crippen LogP contribution is -2.71. The number of hydrogen-bond donors (Lipinski definition) is 4. The number of amides is 2. The number of fused-ring (bicyclic) bond motifs is 1. The van der Waals surface area contributed by atoms with Gasteiger partial charge < -0.3 is 26.1 Å². The first-order valence-corrected chi connectivity index (χ1v) is 10.8. The van der Waals surface area contributed by atoms with Crippen LogP contribution >= 0.6 is 34.7 Å². The Balaban J connectivity index is 1.82. The van der Waals surface area contributed by atoms with E-state index in [-0.39, 0.29) is 28.2 Å². The Hall–Kier alpha value is -3.10. The minimum atomic E-state index is -1.49. The van der Waals surface area contributed by atoms with E-state index in [1.807, 2.05) is 0 Å². The zero-order valence-corrected chi connectivity index (χ0v) is 17.8. The average Bonchev–Trinajstić information content (AvgIpc) is 3.16. The number of nitrogen functional groups attached to an aromatic ring is 1. The number of thiazole rings is 1. The number of oxime groups is 1. The summed E-state index contributed by atoms with van der Waals surface area (Å²) in [5.41, 5.74) is 5.33. The van der Waals surface area contributed by atoms with Crippen LogP contribution in [0.3, 0.4) is 0 Å². The summed E-state index contributed by atoms with van der Waals surface area (Å²) in [6.45, 7) is 3.14. The van der Waals surface area contributed by atoms with Crippen LogP contribution in [0.1, 0.15) is 5.69 Å². The van der Waals surface area contributed by atoms with Crippen molar-refractivity contribution in [2.75, 3.05) is 17.4 Å². The van der Waals surface area contributed by atoms with Crippen LogP contribution < -0.4 is 11.1 Å². The molecule has 2 amide bonds. The van der Waals surface area contributed by atoms with Gasteiger partial charge in [0.1, 0.15) is 22.8 Å². The molecule has 0 unspecified atom stereocenters. The van der Waals surface area contributed by atoms with Crippen LogP contribution in [-0.4, -0.2) is 72.6 Å². The van der Waals surface area contributed by atoms with Gasteiger partial charge in [-0.05, 0) is 12.2 Å². The molecule has 164 valence electrons. The number of alkyl halides is 1. The molecule has 0 aromatic carbocycles. The van der Waals surface area contributed by atoms with E-state index < -0.39 is 46.6 Å². The second kappa shape index (κ2) is 8.95. The highest BCUT2D eigenvalue weighted by atomic mass is 35.5. The molecule has 5 N–H and O–H groups in total. The van der Waals surface area contributed by atoms with Crippen molar-refractivity contribution < 1.29 is 34.2 Å². The van der Waals surface area contributed by atoms with Crippen molar-refractivity contribution in [2.45, 2.75) is 11.4 Å². The van der Waals surface area contributed by atoms with Gasteiger partial charge >= 0.3 is 11.9 Å². The lowest BCUT2D eigenvalue weighted by atomic mass is 10.0. The third-order valence-corrected chi connectivity index (χ3v) is 6.50. The molecule has 0 saturated carbocycles. The van der Waals surface area contributed by atoms with E-state index in [1.165, 1.54) is 17.1 Å². The molecule has 0 radical (unpaired) electrons. The highest BCUT2D eigenvalue weighted by molar-refractivity contribution is 8.00. The Bertz CT molecular complexity index is 1050. The van der Waals surface area contributed by atoms with Gasteiger partial charge in [-0.2, -0.15) is 0 Å². The van der Waals surface area contributed by atoms with Gasteiger partial charge in [0.25, 0.3) is 11.8 Å². The molecule has 2 atom stereocenters. The summed E-state index contributed by atoms with van der Waals surface area (Å²) in [5.74, 6) is -4.84. The zero-order chi connectivity index (χ0) is 22.9. The fraction of sp³-hybridized carbons (Fsp3) is 0.250. The summed E-state index contributed by atoms with van der Waals surface area (Å²) in [6, 6.07) is -1.05. The van der Waals surface area contributed by atoms with E-state index in [0.29, 0.717) is 5.57 Å². The van der Waals surface area contributed by atoms with Gasteiger partial charge in [-0.3, -0.25) is 14.5 Å². The smallest absolute Gasteiger partial charge is 0.374 e. The molecule has 3 heterocycles. The molecule has 1 aromatic rings. The Morgan fingerprint density at radius 3 is 2.71 bits per heavy atom. The predicted octanol–water partition coefficient (Wildman–Crippen LogP) is 0.0217. The fourth-order valence-electron chi connectivity index (χ4n) is 2.74. The number of nitrogens with zero attached hydrogens (tertiary/aromatic N) is 3. The van der Waals surface area contributed by atoms with Crippen molar-refractivity contribution in [3.8, 4) is 0 Å². The summed E-state index contributed by atoms with van der Waals surface area (Å²) in [4.78, 5) is 57.4. The molecule has 2 aliphatic heterocycles. The maximum Gasteiger partial charge on any atom is 0.374 e. The van der Waals surface area contributed by atoms with Crippen LogP contribution in [0.25, 0.3) is 0 Å². The van der Waals surface area contributed by atoms with Gasteiger partial charge in [-0.1, -0.05) is 5.16 Å². The lowest BCUT2D eigenvalue weighted by molar-refractivity contribution is -0.150. The number of carboxylic acids is 2. The number of carboxylic acid groups (broad SMARTS) is 2. The third kappa shape index (κ3) is 4.35. The van der Waals surface area contributed by atoms with Crippen LogP contribution in [0.2, 0.25) is 0 Å². The maximum atomic E-state index is 12.8. The van der Waals surface area contributed by atoms with Crippen molar-refractivity contribution in [3.05, 3.63) is 34.7 Å². The number of carbonyl (C=O) groups is 4. The van der Waals surface area contributed by atoms with Gasteiger partial charge in [0.05, 0.1) is 0 Å². The number of carbonyl (C=O) groups excluding carboxylic acids is 2. The largest absolute Gasteiger partial charge is 0.477 e. The Labute approximate surface area is 187 Å². The van der Waals surface area contributed by atoms with Gasteiger partial charge in [-0.15, -0.1) is 34.7 Å². The van der Waals surface area contributed by atoms with E-state index >= 15 is 0 Å². The number of nitrogens with two attached hydrogens (primary N) is 1. The van der Waals surface area contributed by atoms with Crippen molar-refractivity contribution in [1.82, 2.24) is 15.2 Å². The molecule has 1 saturated heterocycles. The van der Waals surface area contributed by atoms with Crippen molar-refractivity contribution >= 4 is 69.3 Å². The van der Waals surface area contributed by atoms with E-state index in [9.17, 15) is 24.3 Å². The number of aromatic nitrogens is 1. The first kappa shape index (κ1) is 22.6. The highest BCUT2D eigenvalue weighted by Gasteiger charge is 2.54. The topological polar surface area (TPSA) is 185 Å². The molecule has 31 heavy (non-hydrogen) atoms. The molecule has 2 aliphatic rings. The highest BCUT2D eigenvalue weighted by Crippen LogP contribution is 2.40. The van der Waals surface area contributed by atoms with Gasteiger partial charge in [0.15, 0.2) is 10.8 Å². The number of nitrogens with one attached hydrogen (secondary N) is 1. The Kier molecular flexibility index (Phi) is 6.52. The fourth-order valence-corrected chi connectivity index (χ4v) is 4.96. The average molecular weight is 488 g/mol. The summed E-state index contributed by atoms with van der Waals surface area (Å²) in [7, 11) is 0. The van der Waals surface area contributed by atoms with E-state index in [1.54, 1.807) is 0 Å². The summed E-state index contributed by atoms with van der Waals surface area (Å²) in [5, 5.41) is 25.1. The summed E-state index contributed by atoms with van der Waals surface area (Å²) in [6.07, 6.45) is 0. The second-order valence-corrected chi connectivity index (χ2v) is 8.34. The van der Waals surface area contributed by atoms with Crippen LogP contribution in [0.5, 0.6) is 0 Å². The monoisotopic (exact) mass is 487 g/mol. The number of thioether (sulfide) groups is 1. The van der Waals surface area contributed by atoms with Gasteiger partial charge in [-0.25, -0.2) is 14.6 Å². The molecular weight excluding hydrogens is 474 g/mol. The van der Waals surface area contributed by atoms with Crippen molar-refractivity contribution in [1.29, 1.82) is 0 Å². The number of aliphatic carboxylic acids is 2. The first-order valence-electron chi connectivity index (χ1n) is 8.31. The van der Waals surface area contributed by atoms with Gasteiger partial charge in [0.2, 0.25) is 5.76 Å². The van der Waals surface area contributed by atoms with Crippen molar-refractivity contribution in [2.24, 2.45) is 5.16 Å². The van der Waals surface area contributed by atoms with Crippen LogP contribution in [0.15, 0.2) is 34.1 Å². The molecule has 15 heteroatoms.